The highest BCUT2D eigenvalue weighted by atomic mass is 19.4. The SMILES string of the molecule is N#Cc1ccc(-c2cc(C(=O)N3CCC(c4cccnc4)C3)ccc2-c2cc(C(F)(F)F)cc(C(F)(F)F)c2)cn1. The maximum absolute atomic E-state index is 13.6. The zero-order valence-electron chi connectivity index (χ0n) is 21.2. The molecule has 0 saturated carbocycles. The standard InChI is InChI=1S/C30H20F6N4O/c31-29(32,33)23-10-22(11-24(13-23)30(34,35)36)26-6-4-18(12-27(26)20-3-5-25(14-37)39-16-20)28(41)40-9-7-21(17-40)19-2-1-8-38-15-19/h1-6,8,10-13,15-16,21H,7,9,17H2. The molecule has 0 radical (unpaired) electrons. The fourth-order valence-corrected chi connectivity index (χ4v) is 4.91. The van der Waals surface area contributed by atoms with Crippen LogP contribution in [0.25, 0.3) is 22.3 Å². The van der Waals surface area contributed by atoms with Crippen LogP contribution in [0.5, 0.6) is 0 Å². The van der Waals surface area contributed by atoms with E-state index in [0.29, 0.717) is 37.2 Å². The second kappa shape index (κ2) is 10.7. The lowest BCUT2D eigenvalue weighted by Gasteiger charge is -2.19. The van der Waals surface area contributed by atoms with Gasteiger partial charge in [0.15, 0.2) is 0 Å². The first-order chi connectivity index (χ1) is 19.4. The maximum Gasteiger partial charge on any atom is 0.416 e. The topological polar surface area (TPSA) is 69.9 Å². The molecule has 1 saturated heterocycles. The van der Waals surface area contributed by atoms with Crippen molar-refractivity contribution >= 4 is 5.91 Å². The van der Waals surface area contributed by atoms with Crippen LogP contribution < -0.4 is 0 Å². The van der Waals surface area contributed by atoms with Crippen LogP contribution in [0.2, 0.25) is 0 Å². The van der Waals surface area contributed by atoms with Crippen molar-refractivity contribution in [3.63, 3.8) is 0 Å². The molecule has 1 fully saturated rings. The number of hydrogen-bond acceptors (Lipinski definition) is 4. The average molecular weight is 567 g/mol. The van der Waals surface area contributed by atoms with E-state index in [2.05, 4.69) is 9.97 Å². The van der Waals surface area contributed by atoms with Gasteiger partial charge in [0.25, 0.3) is 5.91 Å². The average Bonchev–Trinajstić information content (AvgIpc) is 3.46. The lowest BCUT2D eigenvalue weighted by molar-refractivity contribution is -0.143. The van der Waals surface area contributed by atoms with Crippen molar-refractivity contribution in [3.05, 3.63) is 107 Å². The molecule has 0 N–H and O–H groups in total. The van der Waals surface area contributed by atoms with Gasteiger partial charge >= 0.3 is 12.4 Å². The summed E-state index contributed by atoms with van der Waals surface area (Å²) in [6, 6.07) is 14.0. The Hall–Kier alpha value is -4.72. The molecule has 1 amide bonds. The molecule has 1 unspecified atom stereocenters. The van der Waals surface area contributed by atoms with Gasteiger partial charge in [-0.3, -0.25) is 9.78 Å². The van der Waals surface area contributed by atoms with Crippen molar-refractivity contribution in [2.45, 2.75) is 24.7 Å². The van der Waals surface area contributed by atoms with Crippen molar-refractivity contribution in [3.8, 4) is 28.3 Å². The third-order valence-corrected chi connectivity index (χ3v) is 6.99. The molecule has 41 heavy (non-hydrogen) atoms. The quantitative estimate of drug-likeness (QED) is 0.242. The van der Waals surface area contributed by atoms with Crippen LogP contribution in [0, 0.1) is 11.3 Å². The minimum absolute atomic E-state index is 0.0410. The lowest BCUT2D eigenvalue weighted by atomic mass is 9.91. The summed E-state index contributed by atoms with van der Waals surface area (Å²) < 4.78 is 81.6. The third kappa shape index (κ3) is 5.91. The third-order valence-electron chi connectivity index (χ3n) is 6.99. The Morgan fingerprint density at radius 1 is 0.878 bits per heavy atom. The number of carbonyl (C=O) groups is 1. The van der Waals surface area contributed by atoms with Gasteiger partial charge < -0.3 is 4.90 Å². The van der Waals surface area contributed by atoms with Crippen molar-refractivity contribution in [1.29, 1.82) is 5.26 Å². The van der Waals surface area contributed by atoms with Gasteiger partial charge in [-0.15, -0.1) is 0 Å². The number of carbonyl (C=O) groups excluding carboxylic acids is 1. The van der Waals surface area contributed by atoms with Crippen LogP contribution in [0.1, 0.15) is 45.1 Å². The Morgan fingerprint density at radius 3 is 2.20 bits per heavy atom. The highest BCUT2D eigenvalue weighted by molar-refractivity contribution is 5.98. The molecular weight excluding hydrogens is 546 g/mol. The first-order valence-electron chi connectivity index (χ1n) is 12.4. The molecule has 1 aliphatic rings. The molecule has 1 atom stereocenters. The van der Waals surface area contributed by atoms with Gasteiger partial charge in [-0.05, 0) is 77.2 Å². The number of likely N-dealkylation sites (tertiary alicyclic amines) is 1. The molecule has 5 nitrogen and oxygen atoms in total. The summed E-state index contributed by atoms with van der Waals surface area (Å²) in [5.74, 6) is -0.245. The number of halogens is 6. The van der Waals surface area contributed by atoms with Gasteiger partial charge in [-0.1, -0.05) is 12.1 Å². The summed E-state index contributed by atoms with van der Waals surface area (Å²) in [7, 11) is 0. The highest BCUT2D eigenvalue weighted by Crippen LogP contribution is 2.41. The van der Waals surface area contributed by atoms with E-state index >= 15 is 0 Å². The minimum atomic E-state index is -5.03. The van der Waals surface area contributed by atoms with Crippen LogP contribution in [-0.4, -0.2) is 33.9 Å². The molecule has 2 aromatic carbocycles. The van der Waals surface area contributed by atoms with E-state index in [4.69, 9.17) is 5.26 Å². The van der Waals surface area contributed by atoms with Gasteiger partial charge in [0.2, 0.25) is 0 Å². The van der Waals surface area contributed by atoms with E-state index in [1.54, 1.807) is 17.3 Å². The molecule has 5 rings (SSSR count). The Morgan fingerprint density at radius 2 is 1.61 bits per heavy atom. The fraction of sp³-hybridized carbons (Fsp3) is 0.200. The fourth-order valence-electron chi connectivity index (χ4n) is 4.91. The summed E-state index contributed by atoms with van der Waals surface area (Å²) in [6.07, 6.45) is -4.64. The number of amides is 1. The lowest BCUT2D eigenvalue weighted by Crippen LogP contribution is -2.28. The van der Waals surface area contributed by atoms with Gasteiger partial charge in [-0.25, -0.2) is 4.98 Å². The minimum Gasteiger partial charge on any atom is -0.338 e. The number of alkyl halides is 6. The predicted octanol–water partition coefficient (Wildman–Crippen LogP) is 7.35. The molecule has 2 aromatic heterocycles. The summed E-state index contributed by atoms with van der Waals surface area (Å²) >= 11 is 0. The Kier molecular flexibility index (Phi) is 7.26. The van der Waals surface area contributed by atoms with Crippen LogP contribution in [0.4, 0.5) is 26.3 Å². The summed E-state index contributed by atoms with van der Waals surface area (Å²) in [5.41, 5.74) is -1.41. The van der Waals surface area contributed by atoms with Crippen LogP contribution in [0.15, 0.2) is 79.3 Å². The Labute approximate surface area is 230 Å². The molecule has 0 bridgehead atoms. The van der Waals surface area contributed by atoms with Crippen LogP contribution in [0.3, 0.4) is 0 Å². The normalized spacial score (nSPS) is 15.5. The van der Waals surface area contributed by atoms with E-state index in [1.165, 1.54) is 36.5 Å². The van der Waals surface area contributed by atoms with Crippen LogP contribution >= 0.6 is 0 Å². The van der Waals surface area contributed by atoms with E-state index in [-0.39, 0.29) is 45.8 Å². The van der Waals surface area contributed by atoms with E-state index < -0.39 is 23.5 Å². The van der Waals surface area contributed by atoms with Gasteiger partial charge in [-0.2, -0.15) is 31.6 Å². The summed E-state index contributed by atoms with van der Waals surface area (Å²) in [6.45, 7) is 0.902. The number of pyridine rings is 2. The number of nitriles is 1. The first-order valence-corrected chi connectivity index (χ1v) is 12.4. The second-order valence-corrected chi connectivity index (χ2v) is 9.62. The zero-order valence-corrected chi connectivity index (χ0v) is 21.2. The number of rotatable bonds is 4. The number of aromatic nitrogens is 2. The smallest absolute Gasteiger partial charge is 0.338 e. The van der Waals surface area contributed by atoms with Crippen molar-refractivity contribution in [2.75, 3.05) is 13.1 Å². The molecule has 0 aliphatic carbocycles. The molecule has 4 aromatic rings. The Bertz CT molecular complexity index is 1590. The predicted molar refractivity (Wildman–Crippen MR) is 137 cm³/mol. The van der Waals surface area contributed by atoms with Gasteiger partial charge in [0, 0.05) is 48.7 Å². The molecule has 3 heterocycles. The van der Waals surface area contributed by atoms with E-state index in [9.17, 15) is 31.1 Å². The van der Waals surface area contributed by atoms with Crippen LogP contribution in [-0.2, 0) is 12.4 Å². The van der Waals surface area contributed by atoms with Crippen molar-refractivity contribution < 1.29 is 31.1 Å². The number of nitrogens with zero attached hydrogens (tertiary/aromatic N) is 4. The molecule has 208 valence electrons. The zero-order chi connectivity index (χ0) is 29.4. The number of hydrogen-bond donors (Lipinski definition) is 0. The van der Waals surface area contributed by atoms with Gasteiger partial charge in [0.05, 0.1) is 11.1 Å². The maximum atomic E-state index is 13.6. The second-order valence-electron chi connectivity index (χ2n) is 9.62. The highest BCUT2D eigenvalue weighted by Gasteiger charge is 2.37. The molecule has 11 heteroatoms. The first kappa shape index (κ1) is 27.8. The molecular formula is C30H20F6N4O. The summed E-state index contributed by atoms with van der Waals surface area (Å²) in [4.78, 5) is 23.3. The Balaban J connectivity index is 1.59. The van der Waals surface area contributed by atoms with E-state index in [1.807, 2.05) is 18.2 Å². The molecule has 1 aliphatic heterocycles. The van der Waals surface area contributed by atoms with Crippen molar-refractivity contribution in [2.24, 2.45) is 0 Å². The largest absolute Gasteiger partial charge is 0.416 e. The summed E-state index contributed by atoms with van der Waals surface area (Å²) in [5, 5.41) is 9.11. The van der Waals surface area contributed by atoms with Crippen molar-refractivity contribution in [1.82, 2.24) is 14.9 Å². The molecule has 0 spiro atoms. The number of benzene rings is 2. The van der Waals surface area contributed by atoms with Gasteiger partial charge in [0.1, 0.15) is 11.8 Å². The van der Waals surface area contributed by atoms with E-state index in [0.717, 1.165) is 5.56 Å². The monoisotopic (exact) mass is 566 g/mol.